The summed E-state index contributed by atoms with van der Waals surface area (Å²) in [5.41, 5.74) is 2.67. The molecule has 2 N–H and O–H groups in total. The molecule has 1 atom stereocenters. The van der Waals surface area contributed by atoms with Gasteiger partial charge in [0.1, 0.15) is 6.61 Å². The van der Waals surface area contributed by atoms with Crippen molar-refractivity contribution >= 4 is 29.3 Å². The van der Waals surface area contributed by atoms with Crippen molar-refractivity contribution in [1.29, 1.82) is 0 Å². The zero-order valence-corrected chi connectivity index (χ0v) is 17.2. The van der Waals surface area contributed by atoms with Gasteiger partial charge in [0.2, 0.25) is 0 Å². The summed E-state index contributed by atoms with van der Waals surface area (Å²) in [6.07, 6.45) is 0. The average molecular weight is 414 g/mol. The largest absolute Gasteiger partial charge is 0.463 e. The van der Waals surface area contributed by atoms with Crippen LogP contribution in [-0.4, -0.2) is 31.2 Å². The number of thiophene rings is 1. The Bertz CT molecular complexity index is 965. The summed E-state index contributed by atoms with van der Waals surface area (Å²) in [6, 6.07) is 7.87. The first kappa shape index (κ1) is 20.6. The molecule has 0 saturated carbocycles. The van der Waals surface area contributed by atoms with Gasteiger partial charge in [-0.3, -0.25) is 0 Å². The van der Waals surface area contributed by atoms with Crippen LogP contribution in [0.2, 0.25) is 0 Å². The number of benzene rings is 1. The van der Waals surface area contributed by atoms with E-state index < -0.39 is 24.0 Å². The van der Waals surface area contributed by atoms with E-state index in [1.807, 2.05) is 37.4 Å². The Morgan fingerprint density at radius 1 is 1.10 bits per heavy atom. The molecule has 0 spiro atoms. The number of rotatable bonds is 6. The molecule has 1 aromatic carbocycles. The van der Waals surface area contributed by atoms with E-state index in [4.69, 9.17) is 9.47 Å². The van der Waals surface area contributed by atoms with E-state index >= 15 is 0 Å². The molecule has 1 aromatic heterocycles. The molecule has 0 aliphatic carbocycles. The lowest BCUT2D eigenvalue weighted by atomic mass is 10.0. The van der Waals surface area contributed by atoms with Gasteiger partial charge in [-0.05, 0) is 49.4 Å². The van der Waals surface area contributed by atoms with E-state index in [1.165, 1.54) is 11.3 Å². The second-order valence-electron chi connectivity index (χ2n) is 6.48. The van der Waals surface area contributed by atoms with Crippen molar-refractivity contribution in [3.05, 3.63) is 68.5 Å². The van der Waals surface area contributed by atoms with Crippen LogP contribution in [0.25, 0.3) is 0 Å². The predicted octanol–water partition coefficient (Wildman–Crippen LogP) is 3.39. The van der Waals surface area contributed by atoms with Crippen molar-refractivity contribution in [1.82, 2.24) is 10.6 Å². The third kappa shape index (κ3) is 4.48. The number of carbonyl (C=O) groups is 3. The molecule has 7 nitrogen and oxygen atoms in total. The maximum Gasteiger partial charge on any atom is 0.338 e. The quantitative estimate of drug-likeness (QED) is 0.707. The van der Waals surface area contributed by atoms with Gasteiger partial charge in [0.05, 0.1) is 29.5 Å². The molecule has 2 heterocycles. The zero-order chi connectivity index (χ0) is 21.0. The van der Waals surface area contributed by atoms with Gasteiger partial charge in [0.25, 0.3) is 0 Å². The molecule has 8 heteroatoms. The first-order valence-corrected chi connectivity index (χ1v) is 10.0. The van der Waals surface area contributed by atoms with Gasteiger partial charge in [-0.1, -0.05) is 18.2 Å². The lowest BCUT2D eigenvalue weighted by molar-refractivity contribution is -0.139. The summed E-state index contributed by atoms with van der Waals surface area (Å²) in [5, 5.41) is 7.18. The molecule has 0 bridgehead atoms. The van der Waals surface area contributed by atoms with Gasteiger partial charge in [0.15, 0.2) is 0 Å². The topological polar surface area (TPSA) is 93.7 Å². The zero-order valence-electron chi connectivity index (χ0n) is 16.4. The highest BCUT2D eigenvalue weighted by Gasteiger charge is 2.34. The van der Waals surface area contributed by atoms with Gasteiger partial charge in [-0.2, -0.15) is 0 Å². The Kier molecular flexibility index (Phi) is 6.33. The van der Waals surface area contributed by atoms with Crippen LogP contribution in [0.3, 0.4) is 0 Å². The lowest BCUT2D eigenvalue weighted by Crippen LogP contribution is -2.46. The molecule has 2 amide bonds. The van der Waals surface area contributed by atoms with Crippen LogP contribution in [0.4, 0.5) is 4.79 Å². The van der Waals surface area contributed by atoms with E-state index in [1.54, 1.807) is 19.1 Å². The first-order chi connectivity index (χ1) is 13.9. The van der Waals surface area contributed by atoms with Crippen molar-refractivity contribution in [2.24, 2.45) is 0 Å². The van der Waals surface area contributed by atoms with Crippen molar-refractivity contribution in [2.75, 3.05) is 13.2 Å². The number of carbonyl (C=O) groups excluding carboxylic acids is 3. The lowest BCUT2D eigenvalue weighted by Gasteiger charge is -2.28. The van der Waals surface area contributed by atoms with Crippen LogP contribution in [0.5, 0.6) is 0 Å². The summed E-state index contributed by atoms with van der Waals surface area (Å²) in [5.74, 6) is -1.10. The second-order valence-corrected chi connectivity index (χ2v) is 7.46. The van der Waals surface area contributed by atoms with Crippen molar-refractivity contribution in [2.45, 2.75) is 26.8 Å². The second kappa shape index (κ2) is 8.91. The highest BCUT2D eigenvalue weighted by Crippen LogP contribution is 2.30. The minimum absolute atomic E-state index is 0.184. The van der Waals surface area contributed by atoms with Crippen LogP contribution in [0, 0.1) is 13.8 Å². The number of amides is 2. The predicted molar refractivity (Wildman–Crippen MR) is 109 cm³/mol. The molecule has 0 unspecified atom stereocenters. The molecule has 1 aliphatic heterocycles. The SMILES string of the molecule is CCOC(=O)C1=C(COC(=O)c2cccc(C)c2C)NC(=O)N[C@@H]1c1cccs1. The molecule has 0 fully saturated rings. The van der Waals surface area contributed by atoms with E-state index in [9.17, 15) is 14.4 Å². The summed E-state index contributed by atoms with van der Waals surface area (Å²) >= 11 is 1.41. The standard InChI is InChI=1S/C21H22N2O5S/c1-4-27-20(25)17-15(22-21(26)23-18(17)16-9-6-10-29-16)11-28-19(24)14-8-5-7-12(2)13(14)3/h5-10,18H,4,11H2,1-3H3,(H2,22,23,26)/t18-/m1/s1. The minimum Gasteiger partial charge on any atom is -0.463 e. The van der Waals surface area contributed by atoms with Gasteiger partial charge in [-0.25, -0.2) is 14.4 Å². The maximum absolute atomic E-state index is 12.6. The fourth-order valence-electron chi connectivity index (χ4n) is 3.04. The number of hydrogen-bond donors (Lipinski definition) is 2. The van der Waals surface area contributed by atoms with Crippen molar-refractivity contribution in [3.8, 4) is 0 Å². The number of esters is 2. The third-order valence-corrected chi connectivity index (χ3v) is 5.59. The Hall–Kier alpha value is -3.13. The first-order valence-electron chi connectivity index (χ1n) is 9.16. The van der Waals surface area contributed by atoms with Gasteiger partial charge >= 0.3 is 18.0 Å². The number of aryl methyl sites for hydroxylation is 1. The van der Waals surface area contributed by atoms with Crippen molar-refractivity contribution in [3.63, 3.8) is 0 Å². The van der Waals surface area contributed by atoms with Crippen LogP contribution in [0.1, 0.15) is 39.3 Å². The molecule has 152 valence electrons. The summed E-state index contributed by atoms with van der Waals surface area (Å²) < 4.78 is 10.6. The number of urea groups is 1. The average Bonchev–Trinajstić information content (AvgIpc) is 3.22. The summed E-state index contributed by atoms with van der Waals surface area (Å²) in [7, 11) is 0. The smallest absolute Gasteiger partial charge is 0.338 e. The van der Waals surface area contributed by atoms with E-state index in [0.29, 0.717) is 5.56 Å². The fraction of sp³-hybridized carbons (Fsp3) is 0.286. The van der Waals surface area contributed by atoms with E-state index in [-0.39, 0.29) is 24.5 Å². The third-order valence-electron chi connectivity index (χ3n) is 4.65. The molecule has 2 aromatic rings. The van der Waals surface area contributed by atoms with Gasteiger partial charge in [-0.15, -0.1) is 11.3 Å². The number of nitrogens with one attached hydrogen (secondary N) is 2. The number of ether oxygens (including phenoxy) is 2. The van der Waals surface area contributed by atoms with Gasteiger partial charge < -0.3 is 20.1 Å². The number of hydrogen-bond acceptors (Lipinski definition) is 6. The molecule has 0 radical (unpaired) electrons. The van der Waals surface area contributed by atoms with Crippen LogP contribution in [-0.2, 0) is 14.3 Å². The van der Waals surface area contributed by atoms with Crippen LogP contribution >= 0.6 is 11.3 Å². The maximum atomic E-state index is 12.6. The minimum atomic E-state index is -0.669. The van der Waals surface area contributed by atoms with Crippen molar-refractivity contribution < 1.29 is 23.9 Å². The summed E-state index contributed by atoms with van der Waals surface area (Å²) in [6.45, 7) is 5.38. The molecule has 29 heavy (non-hydrogen) atoms. The van der Waals surface area contributed by atoms with E-state index in [2.05, 4.69) is 10.6 Å². The normalized spacial score (nSPS) is 16.1. The Labute approximate surface area is 172 Å². The molecular formula is C21H22N2O5S. The molecule has 3 rings (SSSR count). The fourth-order valence-corrected chi connectivity index (χ4v) is 3.82. The van der Waals surface area contributed by atoms with E-state index in [0.717, 1.165) is 16.0 Å². The van der Waals surface area contributed by atoms with Crippen LogP contribution in [0.15, 0.2) is 47.0 Å². The highest BCUT2D eigenvalue weighted by molar-refractivity contribution is 7.10. The molecule has 0 saturated heterocycles. The van der Waals surface area contributed by atoms with Gasteiger partial charge in [0, 0.05) is 4.88 Å². The molecular weight excluding hydrogens is 392 g/mol. The highest BCUT2D eigenvalue weighted by atomic mass is 32.1. The monoisotopic (exact) mass is 414 g/mol. The summed E-state index contributed by atoms with van der Waals surface area (Å²) in [4.78, 5) is 38.1. The Morgan fingerprint density at radius 2 is 1.90 bits per heavy atom. The van der Waals surface area contributed by atoms with Crippen LogP contribution < -0.4 is 10.6 Å². The Morgan fingerprint density at radius 3 is 2.59 bits per heavy atom. The molecule has 1 aliphatic rings. The Balaban J connectivity index is 1.90.